The lowest BCUT2D eigenvalue weighted by atomic mass is 10.3. The first-order valence-electron chi connectivity index (χ1n) is 6.20. The van der Waals surface area contributed by atoms with Crippen molar-refractivity contribution in [3.05, 3.63) is 23.7 Å². The van der Waals surface area contributed by atoms with Gasteiger partial charge < -0.3 is 9.73 Å². The molecule has 0 bridgehead atoms. The van der Waals surface area contributed by atoms with Gasteiger partial charge in [0.2, 0.25) is 5.91 Å². The number of hydrogen-bond acceptors (Lipinski definition) is 3. The van der Waals surface area contributed by atoms with Gasteiger partial charge in [-0.3, -0.25) is 10.1 Å². The van der Waals surface area contributed by atoms with Crippen molar-refractivity contribution in [2.24, 2.45) is 0 Å². The zero-order chi connectivity index (χ0) is 12.7. The molecule has 4 heteroatoms. The molecule has 1 heterocycles. The van der Waals surface area contributed by atoms with E-state index in [1.54, 1.807) is 0 Å². The molecular formula is C13H22N2O2. The number of furan rings is 1. The van der Waals surface area contributed by atoms with Gasteiger partial charge in [-0.2, -0.15) is 0 Å². The molecule has 96 valence electrons. The van der Waals surface area contributed by atoms with Crippen molar-refractivity contribution in [1.82, 2.24) is 10.6 Å². The van der Waals surface area contributed by atoms with Gasteiger partial charge in [0.25, 0.3) is 0 Å². The highest BCUT2D eigenvalue weighted by Crippen LogP contribution is 2.05. The summed E-state index contributed by atoms with van der Waals surface area (Å²) in [5, 5.41) is 6.03. The van der Waals surface area contributed by atoms with Crippen LogP contribution in [0.5, 0.6) is 0 Å². The first kappa shape index (κ1) is 13.8. The summed E-state index contributed by atoms with van der Waals surface area (Å²) in [6, 6.07) is 3.64. The first-order chi connectivity index (χ1) is 8.13. The molecule has 1 unspecified atom stereocenters. The molecule has 0 radical (unpaired) electrons. The standard InChI is InChI=1S/C13H22N2O2/c1-4-5-8-14-13(16)11(3)15-9-12-7-6-10(2)17-12/h6-7,11,15H,4-5,8-9H2,1-3H3,(H,14,16). The molecule has 2 N–H and O–H groups in total. The summed E-state index contributed by atoms with van der Waals surface area (Å²) in [7, 11) is 0. The zero-order valence-electron chi connectivity index (χ0n) is 10.9. The molecule has 0 aliphatic rings. The molecule has 1 atom stereocenters. The van der Waals surface area contributed by atoms with Gasteiger partial charge >= 0.3 is 0 Å². The fraction of sp³-hybridized carbons (Fsp3) is 0.615. The summed E-state index contributed by atoms with van der Waals surface area (Å²) in [5.41, 5.74) is 0. The molecule has 0 saturated heterocycles. The van der Waals surface area contributed by atoms with E-state index in [0.717, 1.165) is 30.9 Å². The lowest BCUT2D eigenvalue weighted by molar-refractivity contribution is -0.122. The van der Waals surface area contributed by atoms with Gasteiger partial charge in [0.1, 0.15) is 11.5 Å². The summed E-state index contributed by atoms with van der Waals surface area (Å²) >= 11 is 0. The van der Waals surface area contributed by atoms with Crippen molar-refractivity contribution in [2.75, 3.05) is 6.54 Å². The second-order valence-electron chi connectivity index (χ2n) is 4.26. The van der Waals surface area contributed by atoms with Gasteiger partial charge in [-0.1, -0.05) is 13.3 Å². The summed E-state index contributed by atoms with van der Waals surface area (Å²) in [5.74, 6) is 1.79. The van der Waals surface area contributed by atoms with Gasteiger partial charge in [0.05, 0.1) is 12.6 Å². The molecule has 1 amide bonds. The summed E-state index contributed by atoms with van der Waals surface area (Å²) < 4.78 is 5.42. The molecule has 17 heavy (non-hydrogen) atoms. The number of carbonyl (C=O) groups excluding carboxylic acids is 1. The Morgan fingerprint density at radius 2 is 2.24 bits per heavy atom. The third-order valence-corrected chi connectivity index (χ3v) is 2.60. The number of unbranched alkanes of at least 4 members (excludes halogenated alkanes) is 1. The molecule has 1 aromatic heterocycles. The van der Waals surface area contributed by atoms with Gasteiger partial charge in [0.15, 0.2) is 0 Å². The Morgan fingerprint density at radius 1 is 1.47 bits per heavy atom. The smallest absolute Gasteiger partial charge is 0.236 e. The Morgan fingerprint density at radius 3 is 2.82 bits per heavy atom. The van der Waals surface area contributed by atoms with E-state index in [2.05, 4.69) is 17.6 Å². The minimum atomic E-state index is -0.197. The summed E-state index contributed by atoms with van der Waals surface area (Å²) in [6.45, 7) is 7.20. The number of nitrogens with one attached hydrogen (secondary N) is 2. The average molecular weight is 238 g/mol. The van der Waals surface area contributed by atoms with E-state index in [4.69, 9.17) is 4.42 Å². The van der Waals surface area contributed by atoms with Crippen LogP contribution < -0.4 is 10.6 Å². The number of aryl methyl sites for hydroxylation is 1. The second kappa shape index (κ2) is 7.12. The minimum Gasteiger partial charge on any atom is -0.465 e. The van der Waals surface area contributed by atoms with Crippen molar-refractivity contribution < 1.29 is 9.21 Å². The van der Waals surface area contributed by atoms with Crippen molar-refractivity contribution >= 4 is 5.91 Å². The van der Waals surface area contributed by atoms with Crippen LogP contribution in [0, 0.1) is 6.92 Å². The van der Waals surface area contributed by atoms with Crippen molar-refractivity contribution in [1.29, 1.82) is 0 Å². The lowest BCUT2D eigenvalue weighted by Crippen LogP contribution is -2.42. The molecule has 0 aliphatic carbocycles. The fourth-order valence-electron chi connectivity index (χ4n) is 1.47. The topological polar surface area (TPSA) is 54.3 Å². The molecule has 0 aromatic carbocycles. The number of amides is 1. The van der Waals surface area contributed by atoms with E-state index < -0.39 is 0 Å². The largest absolute Gasteiger partial charge is 0.465 e. The molecule has 1 rings (SSSR count). The normalized spacial score (nSPS) is 12.4. The predicted molar refractivity (Wildman–Crippen MR) is 67.7 cm³/mol. The Balaban J connectivity index is 2.24. The van der Waals surface area contributed by atoms with Crippen molar-refractivity contribution in [3.8, 4) is 0 Å². The molecular weight excluding hydrogens is 216 g/mol. The van der Waals surface area contributed by atoms with Crippen LogP contribution >= 0.6 is 0 Å². The molecule has 0 aliphatic heterocycles. The van der Waals surface area contributed by atoms with E-state index in [1.807, 2.05) is 26.0 Å². The van der Waals surface area contributed by atoms with E-state index in [0.29, 0.717) is 6.54 Å². The molecule has 4 nitrogen and oxygen atoms in total. The van der Waals surface area contributed by atoms with Gasteiger partial charge in [-0.25, -0.2) is 0 Å². The lowest BCUT2D eigenvalue weighted by Gasteiger charge is -2.12. The maximum atomic E-state index is 11.6. The molecule has 1 aromatic rings. The zero-order valence-corrected chi connectivity index (χ0v) is 10.9. The monoisotopic (exact) mass is 238 g/mol. The molecule has 0 spiro atoms. The summed E-state index contributed by atoms with van der Waals surface area (Å²) in [6.07, 6.45) is 2.11. The van der Waals surface area contributed by atoms with Crippen LogP contribution in [0.2, 0.25) is 0 Å². The molecule has 0 fully saturated rings. The van der Waals surface area contributed by atoms with Crippen molar-refractivity contribution in [3.63, 3.8) is 0 Å². The number of carbonyl (C=O) groups is 1. The van der Waals surface area contributed by atoms with Crippen LogP contribution in [-0.4, -0.2) is 18.5 Å². The van der Waals surface area contributed by atoms with Gasteiger partial charge in [0, 0.05) is 6.54 Å². The number of hydrogen-bond donors (Lipinski definition) is 2. The number of rotatable bonds is 7. The van der Waals surface area contributed by atoms with E-state index >= 15 is 0 Å². The third-order valence-electron chi connectivity index (χ3n) is 2.60. The Kier molecular flexibility index (Phi) is 5.77. The first-order valence-corrected chi connectivity index (χ1v) is 6.20. The third kappa shape index (κ3) is 5.04. The molecule has 0 saturated carbocycles. The highest BCUT2D eigenvalue weighted by atomic mass is 16.3. The fourth-order valence-corrected chi connectivity index (χ4v) is 1.47. The van der Waals surface area contributed by atoms with Crippen LogP contribution in [0.4, 0.5) is 0 Å². The van der Waals surface area contributed by atoms with Gasteiger partial charge in [-0.05, 0) is 32.4 Å². The van der Waals surface area contributed by atoms with Crippen LogP contribution in [0.15, 0.2) is 16.5 Å². The maximum absolute atomic E-state index is 11.6. The second-order valence-corrected chi connectivity index (χ2v) is 4.26. The maximum Gasteiger partial charge on any atom is 0.236 e. The average Bonchev–Trinajstić information content (AvgIpc) is 2.72. The Hall–Kier alpha value is -1.29. The quantitative estimate of drug-likeness (QED) is 0.714. The minimum absolute atomic E-state index is 0.0433. The van der Waals surface area contributed by atoms with Crippen LogP contribution in [0.1, 0.15) is 38.2 Å². The van der Waals surface area contributed by atoms with Crippen LogP contribution in [-0.2, 0) is 11.3 Å². The summed E-state index contributed by atoms with van der Waals surface area (Å²) in [4.78, 5) is 11.6. The highest BCUT2D eigenvalue weighted by Gasteiger charge is 2.11. The van der Waals surface area contributed by atoms with Gasteiger partial charge in [-0.15, -0.1) is 0 Å². The van der Waals surface area contributed by atoms with Crippen molar-refractivity contribution in [2.45, 2.75) is 46.2 Å². The SMILES string of the molecule is CCCCNC(=O)C(C)NCc1ccc(C)o1. The van der Waals surface area contributed by atoms with Crippen LogP contribution in [0.3, 0.4) is 0 Å². The Bertz CT molecular complexity index is 347. The Labute approximate surface area is 103 Å². The van der Waals surface area contributed by atoms with E-state index in [9.17, 15) is 4.79 Å². The van der Waals surface area contributed by atoms with E-state index in [-0.39, 0.29) is 11.9 Å². The highest BCUT2D eigenvalue weighted by molar-refractivity contribution is 5.81. The predicted octanol–water partition coefficient (Wildman–Crippen LogP) is 1.98. The van der Waals surface area contributed by atoms with Crippen LogP contribution in [0.25, 0.3) is 0 Å². The van der Waals surface area contributed by atoms with E-state index in [1.165, 1.54) is 0 Å².